The van der Waals surface area contributed by atoms with Crippen LogP contribution in [0.2, 0.25) is 5.02 Å². The Balaban J connectivity index is 1.50. The van der Waals surface area contributed by atoms with Crippen LogP contribution in [0, 0.1) is 0 Å². The Morgan fingerprint density at radius 1 is 1.21 bits per heavy atom. The van der Waals surface area contributed by atoms with Gasteiger partial charge in [0.05, 0.1) is 18.2 Å². The number of fused-ring (bicyclic) bond motifs is 1. The minimum absolute atomic E-state index is 0.0459. The number of Topliss-reactive ketones (excluding diaryl/α,β-unsaturated/α-hetero) is 1. The van der Waals surface area contributed by atoms with Gasteiger partial charge in [-0.3, -0.25) is 9.59 Å². The largest absolute Gasteiger partial charge is 0.486 e. The highest BCUT2D eigenvalue weighted by Crippen LogP contribution is 2.40. The molecule has 1 fully saturated rings. The van der Waals surface area contributed by atoms with E-state index in [9.17, 15) is 9.59 Å². The van der Waals surface area contributed by atoms with E-state index < -0.39 is 5.60 Å². The fourth-order valence-electron chi connectivity index (χ4n) is 3.42. The third-order valence-corrected chi connectivity index (χ3v) is 4.98. The van der Waals surface area contributed by atoms with Crippen molar-refractivity contribution in [2.24, 2.45) is 0 Å². The van der Waals surface area contributed by atoms with E-state index in [2.05, 4.69) is 0 Å². The van der Waals surface area contributed by atoms with Crippen LogP contribution in [0.5, 0.6) is 5.75 Å². The number of carbonyl (C=O) groups is 2. The molecule has 2 aliphatic rings. The number of rotatable bonds is 1. The molecule has 2 aromatic rings. The number of ketones is 1. The lowest BCUT2D eigenvalue weighted by atomic mass is 9.82. The maximum absolute atomic E-state index is 12.5. The molecule has 1 aromatic heterocycles. The fraction of sp³-hybridized carbons (Fsp3) is 0.333. The quantitative estimate of drug-likeness (QED) is 0.792. The van der Waals surface area contributed by atoms with Gasteiger partial charge in [0.1, 0.15) is 11.4 Å². The maximum atomic E-state index is 12.5. The summed E-state index contributed by atoms with van der Waals surface area (Å²) in [6.07, 6.45) is 3.05. The first kappa shape index (κ1) is 15.3. The van der Waals surface area contributed by atoms with E-state index in [0.29, 0.717) is 54.4 Å². The second-order valence-corrected chi connectivity index (χ2v) is 6.73. The molecule has 0 N–H and O–H groups in total. The lowest BCUT2D eigenvalue weighted by molar-refractivity contribution is -0.00641. The molecule has 3 heterocycles. The van der Waals surface area contributed by atoms with Crippen molar-refractivity contribution in [1.82, 2.24) is 4.90 Å². The highest BCUT2D eigenvalue weighted by molar-refractivity contribution is 6.31. The SMILES string of the molecule is O=C1CC2(CCN(C(=O)c3ccco3)CC2)Oc2ccc(Cl)cc21. The van der Waals surface area contributed by atoms with Gasteiger partial charge < -0.3 is 14.1 Å². The number of hydrogen-bond donors (Lipinski definition) is 0. The summed E-state index contributed by atoms with van der Waals surface area (Å²) in [5.41, 5.74) is 0.0138. The number of benzene rings is 1. The molecule has 0 aliphatic carbocycles. The molecule has 2 aliphatic heterocycles. The number of furan rings is 1. The monoisotopic (exact) mass is 345 g/mol. The topological polar surface area (TPSA) is 59.8 Å². The molecular weight excluding hydrogens is 330 g/mol. The van der Waals surface area contributed by atoms with E-state index in [1.807, 2.05) is 0 Å². The zero-order chi connectivity index (χ0) is 16.7. The molecule has 124 valence electrons. The Hall–Kier alpha value is -2.27. The van der Waals surface area contributed by atoms with Crippen molar-refractivity contribution < 1.29 is 18.7 Å². The van der Waals surface area contributed by atoms with Gasteiger partial charge in [0.25, 0.3) is 5.91 Å². The Morgan fingerprint density at radius 2 is 2.00 bits per heavy atom. The van der Waals surface area contributed by atoms with Gasteiger partial charge in [-0.2, -0.15) is 0 Å². The molecular formula is C18H16ClNO4. The lowest BCUT2D eigenvalue weighted by Gasteiger charge is -2.43. The van der Waals surface area contributed by atoms with Crippen LogP contribution in [0.25, 0.3) is 0 Å². The number of likely N-dealkylation sites (tertiary alicyclic amines) is 1. The van der Waals surface area contributed by atoms with Gasteiger partial charge in [0.2, 0.25) is 0 Å². The van der Waals surface area contributed by atoms with Gasteiger partial charge in [-0.05, 0) is 30.3 Å². The zero-order valence-corrected chi connectivity index (χ0v) is 13.7. The van der Waals surface area contributed by atoms with Crippen molar-refractivity contribution in [3.05, 3.63) is 52.9 Å². The lowest BCUT2D eigenvalue weighted by Crippen LogP contribution is -2.52. The van der Waals surface area contributed by atoms with E-state index >= 15 is 0 Å². The summed E-state index contributed by atoms with van der Waals surface area (Å²) in [5.74, 6) is 0.849. The summed E-state index contributed by atoms with van der Waals surface area (Å²) >= 11 is 5.96. The number of piperidine rings is 1. The van der Waals surface area contributed by atoms with Gasteiger partial charge in [0.15, 0.2) is 11.5 Å². The van der Waals surface area contributed by atoms with Crippen LogP contribution in [-0.4, -0.2) is 35.3 Å². The summed E-state index contributed by atoms with van der Waals surface area (Å²) in [7, 11) is 0. The zero-order valence-electron chi connectivity index (χ0n) is 13.0. The van der Waals surface area contributed by atoms with Gasteiger partial charge in [-0.1, -0.05) is 11.6 Å². The average Bonchev–Trinajstić information content (AvgIpc) is 3.10. The molecule has 4 rings (SSSR count). The van der Waals surface area contributed by atoms with Crippen LogP contribution in [-0.2, 0) is 0 Å². The van der Waals surface area contributed by atoms with Crippen molar-refractivity contribution in [3.63, 3.8) is 0 Å². The normalized spacial score (nSPS) is 19.0. The predicted octanol–water partition coefficient (Wildman–Crippen LogP) is 3.57. The van der Waals surface area contributed by atoms with E-state index in [1.54, 1.807) is 35.2 Å². The first-order valence-corrected chi connectivity index (χ1v) is 8.29. The molecule has 1 amide bonds. The van der Waals surface area contributed by atoms with Crippen molar-refractivity contribution in [2.75, 3.05) is 13.1 Å². The van der Waals surface area contributed by atoms with Gasteiger partial charge in [-0.15, -0.1) is 0 Å². The van der Waals surface area contributed by atoms with Crippen molar-refractivity contribution in [1.29, 1.82) is 0 Å². The highest BCUT2D eigenvalue weighted by atomic mass is 35.5. The number of carbonyl (C=O) groups excluding carboxylic acids is 2. The molecule has 0 radical (unpaired) electrons. The number of ether oxygens (including phenoxy) is 1. The van der Waals surface area contributed by atoms with Crippen LogP contribution in [0.1, 0.15) is 40.2 Å². The van der Waals surface area contributed by atoms with E-state index in [0.717, 1.165) is 0 Å². The molecule has 1 aromatic carbocycles. The third kappa shape index (κ3) is 2.59. The van der Waals surface area contributed by atoms with Crippen LogP contribution in [0.15, 0.2) is 41.0 Å². The number of nitrogens with zero attached hydrogens (tertiary/aromatic N) is 1. The molecule has 24 heavy (non-hydrogen) atoms. The number of amides is 1. The standard InChI is InChI=1S/C18H16ClNO4/c19-12-3-4-15-13(10-12)14(21)11-18(24-15)5-7-20(8-6-18)17(22)16-2-1-9-23-16/h1-4,9-10H,5-8,11H2. The molecule has 1 spiro atoms. The molecule has 5 nitrogen and oxygen atoms in total. The van der Waals surface area contributed by atoms with E-state index in [4.69, 9.17) is 20.8 Å². The summed E-state index contributed by atoms with van der Waals surface area (Å²) in [5, 5.41) is 0.528. The highest BCUT2D eigenvalue weighted by Gasteiger charge is 2.44. The van der Waals surface area contributed by atoms with Crippen LogP contribution in [0.4, 0.5) is 0 Å². The van der Waals surface area contributed by atoms with Crippen LogP contribution >= 0.6 is 11.6 Å². The Morgan fingerprint density at radius 3 is 2.71 bits per heavy atom. The summed E-state index contributed by atoms with van der Waals surface area (Å²) in [6.45, 7) is 1.07. The molecule has 1 saturated heterocycles. The van der Waals surface area contributed by atoms with Gasteiger partial charge >= 0.3 is 0 Å². The first-order valence-electron chi connectivity index (χ1n) is 7.91. The van der Waals surface area contributed by atoms with E-state index in [1.165, 1.54) is 6.26 Å². The number of hydrogen-bond acceptors (Lipinski definition) is 4. The smallest absolute Gasteiger partial charge is 0.289 e. The maximum Gasteiger partial charge on any atom is 0.289 e. The molecule has 0 bridgehead atoms. The molecule has 6 heteroatoms. The van der Waals surface area contributed by atoms with Crippen LogP contribution < -0.4 is 4.74 Å². The molecule has 0 saturated carbocycles. The Kier molecular flexibility index (Phi) is 3.61. The van der Waals surface area contributed by atoms with Crippen molar-refractivity contribution >= 4 is 23.3 Å². The first-order chi connectivity index (χ1) is 11.6. The van der Waals surface area contributed by atoms with Crippen LogP contribution in [0.3, 0.4) is 0 Å². The Bertz CT molecular complexity index is 791. The molecule has 0 atom stereocenters. The number of halogens is 1. The summed E-state index contributed by atoms with van der Waals surface area (Å²) in [6, 6.07) is 8.48. The van der Waals surface area contributed by atoms with Crippen molar-refractivity contribution in [3.8, 4) is 5.75 Å². The molecule has 0 unspecified atom stereocenters. The predicted molar refractivity (Wildman–Crippen MR) is 87.6 cm³/mol. The van der Waals surface area contributed by atoms with E-state index in [-0.39, 0.29) is 11.7 Å². The average molecular weight is 346 g/mol. The fourth-order valence-corrected chi connectivity index (χ4v) is 3.59. The summed E-state index contributed by atoms with van der Waals surface area (Å²) < 4.78 is 11.3. The van der Waals surface area contributed by atoms with Crippen molar-refractivity contribution in [2.45, 2.75) is 24.9 Å². The second-order valence-electron chi connectivity index (χ2n) is 6.30. The second kappa shape index (κ2) is 5.67. The minimum atomic E-state index is -0.530. The Labute approximate surface area is 144 Å². The van der Waals surface area contributed by atoms with Gasteiger partial charge in [0, 0.05) is 31.0 Å². The third-order valence-electron chi connectivity index (χ3n) is 4.75. The minimum Gasteiger partial charge on any atom is -0.486 e. The summed E-state index contributed by atoms with van der Waals surface area (Å²) in [4.78, 5) is 26.6. The van der Waals surface area contributed by atoms with Gasteiger partial charge in [-0.25, -0.2) is 0 Å².